The molecule has 0 radical (unpaired) electrons. The van der Waals surface area contributed by atoms with E-state index in [1.54, 1.807) is 24.3 Å². The van der Waals surface area contributed by atoms with Crippen molar-refractivity contribution in [2.24, 2.45) is 0 Å². The maximum atomic E-state index is 9.98. The van der Waals surface area contributed by atoms with Crippen LogP contribution in [0.5, 0.6) is 5.75 Å². The average molecular weight is 293 g/mol. The molecule has 3 nitrogen and oxygen atoms in total. The quantitative estimate of drug-likeness (QED) is 0.742. The smallest absolute Gasteiger partial charge is 0.115 e. The maximum absolute atomic E-state index is 9.98. The lowest BCUT2D eigenvalue weighted by Gasteiger charge is -2.17. The number of aliphatic hydroxyl groups excluding tert-OH is 2. The van der Waals surface area contributed by atoms with Gasteiger partial charge in [-0.2, -0.15) is 0 Å². The number of aromatic hydroxyl groups is 1. The molecule has 0 amide bonds. The third-order valence-electron chi connectivity index (χ3n) is 3.22. The van der Waals surface area contributed by atoms with Gasteiger partial charge in [-0.1, -0.05) is 36.4 Å². The van der Waals surface area contributed by atoms with Crippen LogP contribution in [0.4, 0.5) is 0 Å². The number of hydrogen-bond donors (Lipinski definition) is 3. The molecule has 0 aliphatic rings. The second kappa shape index (κ2) is 6.75. The van der Waals surface area contributed by atoms with Crippen molar-refractivity contribution in [3.8, 4) is 16.9 Å². The molecule has 0 saturated heterocycles. The first-order chi connectivity index (χ1) is 9.61. The fraction of sp³-hybridized carbons (Fsp3) is 0.250. The molecule has 0 aromatic heterocycles. The van der Waals surface area contributed by atoms with Crippen LogP contribution in [0, 0.1) is 0 Å². The number of phenols is 1. The highest BCUT2D eigenvalue weighted by molar-refractivity contribution is 6.17. The van der Waals surface area contributed by atoms with Crippen molar-refractivity contribution in [3.05, 3.63) is 54.1 Å². The number of hydrogen-bond acceptors (Lipinski definition) is 3. The molecule has 2 aromatic carbocycles. The number of phenolic OH excluding ortho intramolecular Hbond substituents is 1. The molecule has 0 heterocycles. The fourth-order valence-corrected chi connectivity index (χ4v) is 2.24. The Kier molecular flexibility index (Phi) is 5.01. The largest absolute Gasteiger partial charge is 0.508 e. The molecule has 2 unspecified atom stereocenters. The minimum absolute atomic E-state index is 0.227. The van der Waals surface area contributed by atoms with Crippen LogP contribution in [-0.4, -0.2) is 27.3 Å². The van der Waals surface area contributed by atoms with Gasteiger partial charge >= 0.3 is 0 Å². The van der Waals surface area contributed by atoms with E-state index in [9.17, 15) is 15.3 Å². The van der Waals surface area contributed by atoms with E-state index >= 15 is 0 Å². The second-order valence-electron chi connectivity index (χ2n) is 4.66. The zero-order valence-electron chi connectivity index (χ0n) is 10.9. The van der Waals surface area contributed by atoms with E-state index in [0.29, 0.717) is 17.9 Å². The lowest BCUT2D eigenvalue weighted by Crippen LogP contribution is -2.18. The summed E-state index contributed by atoms with van der Waals surface area (Å²) < 4.78 is 0. The SMILES string of the molecule is Oc1ccc(-c2ccc(C(O)C(O)CCCl)cc2)cc1. The second-order valence-corrected chi connectivity index (χ2v) is 5.04. The van der Waals surface area contributed by atoms with Gasteiger partial charge in [0.2, 0.25) is 0 Å². The molecule has 0 fully saturated rings. The van der Waals surface area contributed by atoms with Crippen LogP contribution in [-0.2, 0) is 0 Å². The van der Waals surface area contributed by atoms with Gasteiger partial charge in [0.25, 0.3) is 0 Å². The monoisotopic (exact) mass is 292 g/mol. The van der Waals surface area contributed by atoms with Crippen LogP contribution in [0.2, 0.25) is 0 Å². The molecular formula is C16H17ClO3. The fourth-order valence-electron chi connectivity index (χ4n) is 2.02. The zero-order valence-corrected chi connectivity index (χ0v) is 11.7. The van der Waals surface area contributed by atoms with Crippen molar-refractivity contribution in [1.82, 2.24) is 0 Å². The van der Waals surface area contributed by atoms with Crippen molar-refractivity contribution in [3.63, 3.8) is 0 Å². The number of aliphatic hydroxyl groups is 2. The minimum Gasteiger partial charge on any atom is -0.508 e. The third kappa shape index (κ3) is 3.51. The summed E-state index contributed by atoms with van der Waals surface area (Å²) in [5.74, 6) is 0.536. The zero-order chi connectivity index (χ0) is 14.5. The molecule has 0 aliphatic heterocycles. The first-order valence-electron chi connectivity index (χ1n) is 6.43. The molecule has 4 heteroatoms. The molecule has 106 valence electrons. The van der Waals surface area contributed by atoms with Gasteiger partial charge in [-0.3, -0.25) is 0 Å². The molecule has 0 bridgehead atoms. The van der Waals surface area contributed by atoms with Crippen LogP contribution < -0.4 is 0 Å². The van der Waals surface area contributed by atoms with Crippen molar-refractivity contribution < 1.29 is 15.3 Å². The Morgan fingerprint density at radius 2 is 1.35 bits per heavy atom. The summed E-state index contributed by atoms with van der Waals surface area (Å²) in [6.07, 6.45) is -1.43. The minimum atomic E-state index is -0.928. The lowest BCUT2D eigenvalue weighted by atomic mass is 9.99. The predicted octanol–water partition coefficient (Wildman–Crippen LogP) is 3.08. The predicted molar refractivity (Wildman–Crippen MR) is 79.8 cm³/mol. The lowest BCUT2D eigenvalue weighted by molar-refractivity contribution is 0.0170. The van der Waals surface area contributed by atoms with Gasteiger partial charge in [-0.25, -0.2) is 0 Å². The highest BCUT2D eigenvalue weighted by Gasteiger charge is 2.17. The summed E-state index contributed by atoms with van der Waals surface area (Å²) >= 11 is 5.55. The van der Waals surface area contributed by atoms with Gasteiger partial charge in [-0.15, -0.1) is 11.6 Å². The number of halogens is 1. The Balaban J connectivity index is 2.15. The highest BCUT2D eigenvalue weighted by atomic mass is 35.5. The Hall–Kier alpha value is -1.55. The molecule has 2 rings (SSSR count). The molecule has 2 aromatic rings. The molecule has 0 spiro atoms. The van der Waals surface area contributed by atoms with Crippen LogP contribution in [0.1, 0.15) is 18.1 Å². The Labute approximate surface area is 123 Å². The first-order valence-corrected chi connectivity index (χ1v) is 6.96. The van der Waals surface area contributed by atoms with Crippen LogP contribution in [0.3, 0.4) is 0 Å². The topological polar surface area (TPSA) is 60.7 Å². The molecule has 2 atom stereocenters. The van der Waals surface area contributed by atoms with E-state index in [4.69, 9.17) is 11.6 Å². The van der Waals surface area contributed by atoms with E-state index in [-0.39, 0.29) is 5.75 Å². The summed E-state index contributed by atoms with van der Waals surface area (Å²) in [4.78, 5) is 0. The van der Waals surface area contributed by atoms with Crippen LogP contribution >= 0.6 is 11.6 Å². The van der Waals surface area contributed by atoms with E-state index in [1.165, 1.54) is 0 Å². The van der Waals surface area contributed by atoms with E-state index < -0.39 is 12.2 Å². The van der Waals surface area contributed by atoms with Crippen molar-refractivity contribution >= 4 is 11.6 Å². The standard InChI is InChI=1S/C16H17ClO3/c17-10-9-15(19)16(20)13-3-1-11(2-4-13)12-5-7-14(18)8-6-12/h1-8,15-16,18-20H,9-10H2. The van der Waals surface area contributed by atoms with Crippen molar-refractivity contribution in [2.75, 3.05) is 5.88 Å². The Bertz CT molecular complexity index is 537. The molecule has 20 heavy (non-hydrogen) atoms. The summed E-state index contributed by atoms with van der Waals surface area (Å²) in [5.41, 5.74) is 2.61. The molecule has 3 N–H and O–H groups in total. The summed E-state index contributed by atoms with van der Waals surface area (Å²) in [5, 5.41) is 29.0. The van der Waals surface area contributed by atoms with E-state index in [0.717, 1.165) is 11.1 Å². The van der Waals surface area contributed by atoms with Crippen LogP contribution in [0.15, 0.2) is 48.5 Å². The van der Waals surface area contributed by atoms with Crippen LogP contribution in [0.25, 0.3) is 11.1 Å². The van der Waals surface area contributed by atoms with Gasteiger partial charge in [0.1, 0.15) is 11.9 Å². The van der Waals surface area contributed by atoms with Gasteiger partial charge in [0, 0.05) is 5.88 Å². The average Bonchev–Trinajstić information content (AvgIpc) is 2.48. The van der Waals surface area contributed by atoms with E-state index in [2.05, 4.69) is 0 Å². The first kappa shape index (κ1) is 14.9. The van der Waals surface area contributed by atoms with Crippen molar-refractivity contribution in [1.29, 1.82) is 0 Å². The molecule has 0 aliphatic carbocycles. The normalized spacial score (nSPS) is 13.9. The number of rotatable bonds is 5. The Morgan fingerprint density at radius 1 is 0.850 bits per heavy atom. The summed E-state index contributed by atoms with van der Waals surface area (Å²) in [6, 6.07) is 14.2. The molecule has 0 saturated carbocycles. The summed E-state index contributed by atoms with van der Waals surface area (Å²) in [7, 11) is 0. The maximum Gasteiger partial charge on any atom is 0.115 e. The number of alkyl halides is 1. The van der Waals surface area contributed by atoms with E-state index in [1.807, 2.05) is 24.3 Å². The van der Waals surface area contributed by atoms with Crippen molar-refractivity contribution in [2.45, 2.75) is 18.6 Å². The van der Waals surface area contributed by atoms with Gasteiger partial charge in [0.05, 0.1) is 6.10 Å². The third-order valence-corrected chi connectivity index (χ3v) is 3.44. The summed E-state index contributed by atoms with van der Waals surface area (Å²) in [6.45, 7) is 0. The van der Waals surface area contributed by atoms with Gasteiger partial charge < -0.3 is 15.3 Å². The molecular weight excluding hydrogens is 276 g/mol. The number of benzene rings is 2. The van der Waals surface area contributed by atoms with Gasteiger partial charge in [-0.05, 0) is 35.2 Å². The van der Waals surface area contributed by atoms with Gasteiger partial charge in [0.15, 0.2) is 0 Å². The Morgan fingerprint density at radius 3 is 1.85 bits per heavy atom. The highest BCUT2D eigenvalue weighted by Crippen LogP contribution is 2.25.